The molecular weight excluding hydrogens is 377 g/mol. The lowest BCUT2D eigenvalue weighted by atomic mass is 10.1. The smallest absolute Gasteiger partial charge is 0.142 e. The van der Waals surface area contributed by atoms with Crippen molar-refractivity contribution in [3.05, 3.63) is 94.5 Å². The number of aromatic nitrogens is 2. The minimum absolute atomic E-state index is 0.253. The van der Waals surface area contributed by atoms with Crippen molar-refractivity contribution in [3.8, 4) is 11.3 Å². The molecule has 0 atom stereocenters. The molecule has 0 aliphatic carbocycles. The summed E-state index contributed by atoms with van der Waals surface area (Å²) in [5.41, 5.74) is 5.29. The second kappa shape index (κ2) is 7.82. The highest BCUT2D eigenvalue weighted by molar-refractivity contribution is 6.30. The molecule has 0 N–H and O–H groups in total. The number of nitrogens with zero attached hydrogens (tertiary/aromatic N) is 3. The van der Waals surface area contributed by atoms with Gasteiger partial charge in [0, 0.05) is 16.8 Å². The van der Waals surface area contributed by atoms with Gasteiger partial charge in [-0.3, -0.25) is 4.40 Å². The van der Waals surface area contributed by atoms with E-state index >= 15 is 0 Å². The highest BCUT2D eigenvalue weighted by Crippen LogP contribution is 2.26. The molecule has 0 aliphatic heterocycles. The number of imidazole rings is 1. The molecule has 0 fully saturated rings. The average molecular weight is 394 g/mol. The highest BCUT2D eigenvalue weighted by Gasteiger charge is 2.14. The Hall–Kier alpha value is -3.18. The van der Waals surface area contributed by atoms with E-state index < -0.39 is 0 Å². The molecule has 4 aromatic rings. The van der Waals surface area contributed by atoms with Gasteiger partial charge in [0.1, 0.15) is 18.1 Å². The van der Waals surface area contributed by atoms with Gasteiger partial charge in [0.25, 0.3) is 0 Å². The predicted molar refractivity (Wildman–Crippen MR) is 109 cm³/mol. The summed E-state index contributed by atoms with van der Waals surface area (Å²) in [4.78, 5) is 10.2. The van der Waals surface area contributed by atoms with Gasteiger partial charge < -0.3 is 4.84 Å². The van der Waals surface area contributed by atoms with Crippen molar-refractivity contribution in [2.24, 2.45) is 5.16 Å². The monoisotopic (exact) mass is 393 g/mol. The average Bonchev–Trinajstić information content (AvgIpc) is 3.07. The molecule has 6 heteroatoms. The molecule has 0 amide bonds. The normalized spacial score (nSPS) is 11.4. The number of hydrogen-bond donors (Lipinski definition) is 0. The Labute approximate surface area is 166 Å². The second-order valence-electron chi connectivity index (χ2n) is 6.37. The zero-order valence-electron chi connectivity index (χ0n) is 15.1. The van der Waals surface area contributed by atoms with E-state index in [0.29, 0.717) is 5.02 Å². The third-order valence-electron chi connectivity index (χ3n) is 4.39. The first-order valence-corrected chi connectivity index (χ1v) is 9.13. The molecule has 2 aromatic heterocycles. The lowest BCUT2D eigenvalue weighted by Gasteiger charge is -2.02. The van der Waals surface area contributed by atoms with E-state index in [9.17, 15) is 4.39 Å². The molecular formula is C22H17ClFN3O. The second-order valence-corrected chi connectivity index (χ2v) is 6.81. The van der Waals surface area contributed by atoms with Crippen LogP contribution in [-0.2, 0) is 11.4 Å². The van der Waals surface area contributed by atoms with E-state index in [2.05, 4.69) is 5.16 Å². The van der Waals surface area contributed by atoms with Crippen molar-refractivity contribution < 1.29 is 9.23 Å². The SMILES string of the molecule is Cc1cccn2c(/C=N/OCc3ccc(F)cc3)c(-c3ccc(Cl)cc3)nc12. The molecule has 4 nitrogen and oxygen atoms in total. The molecule has 4 rings (SSSR count). The van der Waals surface area contributed by atoms with Crippen molar-refractivity contribution >= 4 is 23.5 Å². The van der Waals surface area contributed by atoms with Crippen LogP contribution < -0.4 is 0 Å². The molecule has 0 saturated carbocycles. The van der Waals surface area contributed by atoms with Crippen molar-refractivity contribution in [3.63, 3.8) is 0 Å². The first-order chi connectivity index (χ1) is 13.6. The summed E-state index contributed by atoms with van der Waals surface area (Å²) in [5.74, 6) is -0.277. The Morgan fingerprint density at radius 1 is 1.11 bits per heavy atom. The number of halogens is 2. The molecule has 0 unspecified atom stereocenters. The Morgan fingerprint density at radius 3 is 2.61 bits per heavy atom. The van der Waals surface area contributed by atoms with Crippen LogP contribution in [0.5, 0.6) is 0 Å². The van der Waals surface area contributed by atoms with Gasteiger partial charge >= 0.3 is 0 Å². The number of pyridine rings is 1. The maximum absolute atomic E-state index is 13.0. The molecule has 140 valence electrons. The summed E-state index contributed by atoms with van der Waals surface area (Å²) in [5, 5.41) is 4.78. The van der Waals surface area contributed by atoms with Gasteiger partial charge in [0.2, 0.25) is 0 Å². The number of benzene rings is 2. The highest BCUT2D eigenvalue weighted by atomic mass is 35.5. The fourth-order valence-electron chi connectivity index (χ4n) is 2.95. The largest absolute Gasteiger partial charge is 0.391 e. The van der Waals surface area contributed by atoms with Crippen LogP contribution in [0.2, 0.25) is 5.02 Å². The van der Waals surface area contributed by atoms with Crippen molar-refractivity contribution in [1.29, 1.82) is 0 Å². The number of fused-ring (bicyclic) bond motifs is 1. The van der Waals surface area contributed by atoms with Crippen LogP contribution in [0.4, 0.5) is 4.39 Å². The van der Waals surface area contributed by atoms with Gasteiger partial charge in [-0.05, 0) is 48.4 Å². The van der Waals surface area contributed by atoms with Crippen molar-refractivity contribution in [2.75, 3.05) is 0 Å². The zero-order chi connectivity index (χ0) is 19.5. The van der Waals surface area contributed by atoms with Gasteiger partial charge in [0.15, 0.2) is 0 Å². The van der Waals surface area contributed by atoms with E-state index in [1.807, 2.05) is 53.9 Å². The quantitative estimate of drug-likeness (QED) is 0.324. The number of rotatable bonds is 5. The number of hydrogen-bond acceptors (Lipinski definition) is 3. The van der Waals surface area contributed by atoms with Crippen LogP contribution in [0.3, 0.4) is 0 Å². The van der Waals surface area contributed by atoms with Gasteiger partial charge in [-0.15, -0.1) is 0 Å². The molecule has 2 aromatic carbocycles. The first kappa shape index (κ1) is 18.2. The maximum atomic E-state index is 13.0. The van der Waals surface area contributed by atoms with Crippen LogP contribution in [-0.4, -0.2) is 15.6 Å². The fourth-order valence-corrected chi connectivity index (χ4v) is 3.07. The van der Waals surface area contributed by atoms with Gasteiger partial charge in [-0.2, -0.15) is 0 Å². The molecule has 0 bridgehead atoms. The molecule has 0 aliphatic rings. The zero-order valence-corrected chi connectivity index (χ0v) is 15.9. The summed E-state index contributed by atoms with van der Waals surface area (Å²) < 4.78 is 15.0. The van der Waals surface area contributed by atoms with Gasteiger partial charge in [-0.25, -0.2) is 9.37 Å². The third-order valence-corrected chi connectivity index (χ3v) is 4.65. The van der Waals surface area contributed by atoms with E-state index in [1.54, 1.807) is 18.3 Å². The van der Waals surface area contributed by atoms with Gasteiger partial charge in [-0.1, -0.05) is 47.1 Å². The summed E-state index contributed by atoms with van der Waals surface area (Å²) in [6.45, 7) is 2.27. The summed E-state index contributed by atoms with van der Waals surface area (Å²) in [6, 6.07) is 17.6. The van der Waals surface area contributed by atoms with Gasteiger partial charge in [0.05, 0.1) is 17.6 Å². The topological polar surface area (TPSA) is 38.9 Å². The number of aryl methyl sites for hydroxylation is 1. The minimum atomic E-state index is -0.277. The Balaban J connectivity index is 1.66. The van der Waals surface area contributed by atoms with Crippen LogP contribution in [0.1, 0.15) is 16.8 Å². The minimum Gasteiger partial charge on any atom is -0.391 e. The fraction of sp³-hybridized carbons (Fsp3) is 0.0909. The summed E-state index contributed by atoms with van der Waals surface area (Å²) in [7, 11) is 0. The molecule has 0 spiro atoms. The lowest BCUT2D eigenvalue weighted by Crippen LogP contribution is -1.95. The van der Waals surface area contributed by atoms with Crippen LogP contribution in [0, 0.1) is 12.7 Å². The van der Waals surface area contributed by atoms with E-state index in [0.717, 1.165) is 33.7 Å². The third kappa shape index (κ3) is 3.75. The van der Waals surface area contributed by atoms with Crippen molar-refractivity contribution in [2.45, 2.75) is 13.5 Å². The van der Waals surface area contributed by atoms with E-state index in [-0.39, 0.29) is 12.4 Å². The van der Waals surface area contributed by atoms with Crippen molar-refractivity contribution in [1.82, 2.24) is 9.38 Å². The Morgan fingerprint density at radius 2 is 1.86 bits per heavy atom. The van der Waals surface area contributed by atoms with E-state index in [1.165, 1.54) is 12.1 Å². The summed E-state index contributed by atoms with van der Waals surface area (Å²) in [6.07, 6.45) is 3.59. The lowest BCUT2D eigenvalue weighted by molar-refractivity contribution is 0.132. The predicted octanol–water partition coefficient (Wildman–Crippen LogP) is 5.65. The number of oxime groups is 1. The molecule has 2 heterocycles. The van der Waals surface area contributed by atoms with Crippen LogP contribution in [0.25, 0.3) is 16.9 Å². The van der Waals surface area contributed by atoms with E-state index in [4.69, 9.17) is 21.4 Å². The molecule has 0 saturated heterocycles. The van der Waals surface area contributed by atoms with Crippen LogP contribution >= 0.6 is 11.6 Å². The maximum Gasteiger partial charge on any atom is 0.142 e. The molecule has 28 heavy (non-hydrogen) atoms. The molecule has 0 radical (unpaired) electrons. The first-order valence-electron chi connectivity index (χ1n) is 8.75. The Kier molecular flexibility index (Phi) is 5.08. The summed E-state index contributed by atoms with van der Waals surface area (Å²) >= 11 is 6.02. The standard InChI is InChI=1S/C22H17ClFN3O/c1-15-3-2-12-27-20(13-25-28-14-16-4-10-19(24)11-5-16)21(26-22(15)27)17-6-8-18(23)9-7-17/h2-13H,14H2,1H3/b25-13+. The van der Waals surface area contributed by atoms with Crippen LogP contribution in [0.15, 0.2) is 72.0 Å². The Bertz CT molecular complexity index is 1140.